The van der Waals surface area contributed by atoms with Crippen LogP contribution in [0.25, 0.3) is 0 Å². The van der Waals surface area contributed by atoms with Gasteiger partial charge < -0.3 is 5.11 Å². The summed E-state index contributed by atoms with van der Waals surface area (Å²) in [5.74, 6) is 0.115. The summed E-state index contributed by atoms with van der Waals surface area (Å²) < 4.78 is 24.7. The Balaban J connectivity index is 2.00. The van der Waals surface area contributed by atoms with Crippen LogP contribution < -0.4 is 0 Å². The first-order valence-corrected chi connectivity index (χ1v) is 9.39. The molecule has 1 fully saturated rings. The highest BCUT2D eigenvalue weighted by molar-refractivity contribution is 7.91. The first-order valence-electron chi connectivity index (χ1n) is 7.74. The number of likely N-dealkylation sites (tertiary alicyclic amines) is 1. The first-order chi connectivity index (χ1) is 10.0. The second-order valence-corrected chi connectivity index (χ2v) is 7.82. The lowest BCUT2D eigenvalue weighted by Gasteiger charge is -2.38. The number of hydrogen-bond acceptors (Lipinski definition) is 4. The van der Waals surface area contributed by atoms with Crippen molar-refractivity contribution in [3.8, 4) is 0 Å². The molecule has 0 radical (unpaired) electrons. The summed E-state index contributed by atoms with van der Waals surface area (Å²) >= 11 is 0. The molecule has 0 unspecified atom stereocenters. The van der Waals surface area contributed by atoms with E-state index in [2.05, 4.69) is 4.90 Å². The third-order valence-corrected chi connectivity index (χ3v) is 5.99. The van der Waals surface area contributed by atoms with Gasteiger partial charge in [-0.1, -0.05) is 31.5 Å². The van der Waals surface area contributed by atoms with E-state index in [4.69, 9.17) is 0 Å². The monoisotopic (exact) mass is 311 g/mol. The maximum absolute atomic E-state index is 12.3. The van der Waals surface area contributed by atoms with Gasteiger partial charge in [-0.25, -0.2) is 8.42 Å². The first kappa shape index (κ1) is 16.5. The van der Waals surface area contributed by atoms with E-state index in [1.165, 1.54) is 0 Å². The van der Waals surface area contributed by atoms with Crippen molar-refractivity contribution in [3.05, 3.63) is 30.3 Å². The highest BCUT2D eigenvalue weighted by Gasteiger charge is 2.28. The average Bonchev–Trinajstić information content (AvgIpc) is 2.53. The predicted molar refractivity (Wildman–Crippen MR) is 84.0 cm³/mol. The van der Waals surface area contributed by atoms with Gasteiger partial charge in [0.2, 0.25) is 0 Å². The summed E-state index contributed by atoms with van der Waals surface area (Å²) in [4.78, 5) is 2.53. The zero-order valence-electron chi connectivity index (χ0n) is 12.6. The molecule has 1 aromatic rings. The zero-order chi connectivity index (χ0) is 15.3. The van der Waals surface area contributed by atoms with Crippen LogP contribution in [0.3, 0.4) is 0 Å². The summed E-state index contributed by atoms with van der Waals surface area (Å²) in [7, 11) is -3.24. The molecule has 0 amide bonds. The lowest BCUT2D eigenvalue weighted by Crippen LogP contribution is -2.48. The van der Waals surface area contributed by atoms with Crippen LogP contribution in [-0.2, 0) is 9.84 Å². The van der Waals surface area contributed by atoms with Crippen molar-refractivity contribution in [1.82, 2.24) is 4.90 Å². The van der Waals surface area contributed by atoms with Gasteiger partial charge >= 0.3 is 0 Å². The van der Waals surface area contributed by atoms with E-state index in [0.717, 1.165) is 25.8 Å². The molecule has 0 spiro atoms. The van der Waals surface area contributed by atoms with Crippen molar-refractivity contribution < 1.29 is 13.5 Å². The van der Waals surface area contributed by atoms with Gasteiger partial charge in [-0.2, -0.15) is 0 Å². The van der Waals surface area contributed by atoms with Gasteiger partial charge in [0.05, 0.1) is 16.8 Å². The summed E-state index contributed by atoms with van der Waals surface area (Å²) in [5, 5.41) is 10.1. The van der Waals surface area contributed by atoms with Gasteiger partial charge in [-0.15, -0.1) is 0 Å². The van der Waals surface area contributed by atoms with Crippen LogP contribution in [0.5, 0.6) is 0 Å². The molecule has 1 saturated heterocycles. The summed E-state index contributed by atoms with van der Waals surface area (Å²) in [6, 6.07) is 8.70. The van der Waals surface area contributed by atoms with Crippen LogP contribution in [0, 0.1) is 0 Å². The fourth-order valence-electron chi connectivity index (χ4n) is 2.99. The maximum Gasteiger partial charge on any atom is 0.179 e. The van der Waals surface area contributed by atoms with E-state index in [-0.39, 0.29) is 17.9 Å². The molecule has 0 aliphatic carbocycles. The molecule has 21 heavy (non-hydrogen) atoms. The lowest BCUT2D eigenvalue weighted by atomic mass is 9.96. The van der Waals surface area contributed by atoms with Crippen molar-refractivity contribution in [2.24, 2.45) is 0 Å². The third-order valence-electron chi connectivity index (χ3n) is 4.28. The van der Waals surface area contributed by atoms with Gasteiger partial charge in [0.15, 0.2) is 9.84 Å². The maximum atomic E-state index is 12.3. The third kappa shape index (κ3) is 4.28. The number of piperidine rings is 1. The molecule has 2 rings (SSSR count). The Kier molecular flexibility index (Phi) is 5.79. The number of nitrogens with zero attached hydrogens (tertiary/aromatic N) is 1. The van der Waals surface area contributed by atoms with Crippen LogP contribution in [0.15, 0.2) is 35.2 Å². The van der Waals surface area contributed by atoms with Gasteiger partial charge in [0.1, 0.15) is 0 Å². The molecule has 5 heteroatoms. The molecule has 0 bridgehead atoms. The molecule has 1 aliphatic rings. The van der Waals surface area contributed by atoms with Gasteiger partial charge in [-0.05, 0) is 37.9 Å². The second-order valence-electron chi connectivity index (χ2n) is 5.71. The molecule has 0 aromatic heterocycles. The van der Waals surface area contributed by atoms with E-state index in [9.17, 15) is 13.5 Å². The van der Waals surface area contributed by atoms with Crippen LogP contribution in [0.2, 0.25) is 0 Å². The van der Waals surface area contributed by atoms with E-state index in [1.807, 2.05) is 13.0 Å². The topological polar surface area (TPSA) is 57.6 Å². The Labute approximate surface area is 127 Å². The van der Waals surface area contributed by atoms with E-state index < -0.39 is 9.84 Å². The molecule has 4 nitrogen and oxygen atoms in total. The summed E-state index contributed by atoms with van der Waals surface area (Å²) in [6.07, 6.45) is 3.51. The highest BCUT2D eigenvalue weighted by atomic mass is 32.2. The zero-order valence-corrected chi connectivity index (χ0v) is 13.4. The number of hydrogen-bond donors (Lipinski definition) is 1. The highest BCUT2D eigenvalue weighted by Crippen LogP contribution is 2.22. The fraction of sp³-hybridized carbons (Fsp3) is 0.625. The number of aliphatic hydroxyl groups is 1. The fourth-order valence-corrected chi connectivity index (χ4v) is 4.27. The smallest absolute Gasteiger partial charge is 0.179 e. The van der Waals surface area contributed by atoms with Crippen LogP contribution in [-0.4, -0.2) is 49.4 Å². The van der Waals surface area contributed by atoms with Crippen molar-refractivity contribution in [2.75, 3.05) is 18.8 Å². The van der Waals surface area contributed by atoms with Crippen molar-refractivity contribution in [2.45, 2.75) is 49.6 Å². The quantitative estimate of drug-likeness (QED) is 0.874. The molecular formula is C16H25NO3S. The van der Waals surface area contributed by atoms with Crippen LogP contribution in [0.1, 0.15) is 32.6 Å². The molecule has 1 N–H and O–H groups in total. The Morgan fingerprint density at radius 1 is 1.29 bits per heavy atom. The molecular weight excluding hydrogens is 286 g/mol. The van der Waals surface area contributed by atoms with E-state index in [1.54, 1.807) is 24.3 Å². The molecule has 1 aliphatic heterocycles. The number of sulfone groups is 1. The minimum Gasteiger partial charge on any atom is -0.392 e. The number of aliphatic hydroxyl groups excluding tert-OH is 1. The van der Waals surface area contributed by atoms with E-state index >= 15 is 0 Å². The van der Waals surface area contributed by atoms with Gasteiger partial charge in [0.25, 0.3) is 0 Å². The molecule has 2 atom stereocenters. The second kappa shape index (κ2) is 7.38. The normalized spacial score (nSPS) is 22.1. The standard InChI is InChI=1S/C16H25NO3S/c1-2-16(18)15-10-6-7-11-17(15)12-13-21(19,20)14-8-4-3-5-9-14/h3-5,8-9,15-16,18H,2,6-7,10-13H2,1H3/t15-,16+/m1/s1. The molecule has 0 saturated carbocycles. The van der Waals surface area contributed by atoms with Crippen molar-refractivity contribution in [1.29, 1.82) is 0 Å². The van der Waals surface area contributed by atoms with Crippen LogP contribution >= 0.6 is 0 Å². The van der Waals surface area contributed by atoms with Crippen molar-refractivity contribution >= 4 is 9.84 Å². The van der Waals surface area contributed by atoms with Gasteiger partial charge in [0, 0.05) is 12.6 Å². The Morgan fingerprint density at radius 3 is 2.67 bits per heavy atom. The molecule has 1 heterocycles. The van der Waals surface area contributed by atoms with Gasteiger partial charge in [-0.3, -0.25) is 4.90 Å². The van der Waals surface area contributed by atoms with Crippen molar-refractivity contribution in [3.63, 3.8) is 0 Å². The Bertz CT molecular complexity index is 530. The lowest BCUT2D eigenvalue weighted by molar-refractivity contribution is 0.0275. The van der Waals surface area contributed by atoms with E-state index in [0.29, 0.717) is 17.9 Å². The van der Waals surface area contributed by atoms with Crippen LogP contribution in [0.4, 0.5) is 0 Å². The SMILES string of the molecule is CC[C@H](O)[C@H]1CCCCN1CCS(=O)(=O)c1ccccc1. The number of benzene rings is 1. The minimum atomic E-state index is -3.24. The molecule has 118 valence electrons. The summed E-state index contributed by atoms with van der Waals surface area (Å²) in [6.45, 7) is 3.35. The minimum absolute atomic E-state index is 0.106. The predicted octanol–water partition coefficient (Wildman–Crippen LogP) is 2.09. The average molecular weight is 311 g/mol. The Hall–Kier alpha value is -0.910. The summed E-state index contributed by atoms with van der Waals surface area (Å²) in [5.41, 5.74) is 0. The number of rotatable bonds is 6. The molecule has 1 aromatic carbocycles. The Morgan fingerprint density at radius 2 is 2.00 bits per heavy atom. The largest absolute Gasteiger partial charge is 0.392 e.